The lowest BCUT2D eigenvalue weighted by Crippen LogP contribution is -2.50. The molecule has 0 saturated carbocycles. The zero-order valence-electron chi connectivity index (χ0n) is 15.8. The van der Waals surface area contributed by atoms with Crippen LogP contribution < -0.4 is 0 Å². The summed E-state index contributed by atoms with van der Waals surface area (Å²) in [6.45, 7) is 0.846. The second-order valence-corrected chi connectivity index (χ2v) is 9.51. The molecular formula is C20H18Cl2N4O3S. The van der Waals surface area contributed by atoms with Crippen molar-refractivity contribution in [3.63, 3.8) is 0 Å². The molecule has 10 heteroatoms. The van der Waals surface area contributed by atoms with Crippen molar-refractivity contribution in [3.8, 4) is 5.69 Å². The van der Waals surface area contributed by atoms with Crippen molar-refractivity contribution < 1.29 is 13.2 Å². The Morgan fingerprint density at radius 1 is 0.967 bits per heavy atom. The Kier molecular flexibility index (Phi) is 5.84. The Morgan fingerprint density at radius 2 is 1.67 bits per heavy atom. The number of para-hydroxylation sites is 1. The van der Waals surface area contributed by atoms with E-state index in [4.69, 9.17) is 23.2 Å². The fraction of sp³-hybridized carbons (Fsp3) is 0.200. The molecule has 1 amide bonds. The Labute approximate surface area is 184 Å². The lowest BCUT2D eigenvalue weighted by atomic mass is 10.3. The number of imidazole rings is 1. The van der Waals surface area contributed by atoms with Gasteiger partial charge >= 0.3 is 0 Å². The quantitative estimate of drug-likeness (QED) is 0.593. The number of carbonyl (C=O) groups is 1. The largest absolute Gasteiger partial charge is 0.335 e. The highest BCUT2D eigenvalue weighted by Crippen LogP contribution is 2.28. The molecule has 1 saturated heterocycles. The fourth-order valence-electron chi connectivity index (χ4n) is 3.36. The van der Waals surface area contributed by atoms with E-state index in [1.54, 1.807) is 15.8 Å². The Bertz CT molecular complexity index is 1170. The molecule has 30 heavy (non-hydrogen) atoms. The van der Waals surface area contributed by atoms with Crippen LogP contribution in [0.3, 0.4) is 0 Å². The van der Waals surface area contributed by atoms with Crippen molar-refractivity contribution in [2.45, 2.75) is 4.90 Å². The number of hydrogen-bond acceptors (Lipinski definition) is 4. The van der Waals surface area contributed by atoms with Gasteiger partial charge in [-0.3, -0.25) is 9.36 Å². The molecule has 0 N–H and O–H groups in total. The highest BCUT2D eigenvalue weighted by atomic mass is 35.5. The molecule has 7 nitrogen and oxygen atoms in total. The SMILES string of the molecule is O=C(c1cncn1-c1ccccc1)N1CCN(S(=O)(=O)c2cc(Cl)ccc2Cl)CC1. The van der Waals surface area contributed by atoms with Gasteiger partial charge in [0.1, 0.15) is 10.6 Å². The highest BCUT2D eigenvalue weighted by molar-refractivity contribution is 7.89. The summed E-state index contributed by atoms with van der Waals surface area (Å²) in [5.41, 5.74) is 1.26. The van der Waals surface area contributed by atoms with Crippen LogP contribution in [0, 0.1) is 0 Å². The first-order chi connectivity index (χ1) is 14.4. The minimum atomic E-state index is -3.81. The van der Waals surface area contributed by atoms with Crippen molar-refractivity contribution in [2.75, 3.05) is 26.2 Å². The van der Waals surface area contributed by atoms with Gasteiger partial charge in [-0.15, -0.1) is 0 Å². The van der Waals surface area contributed by atoms with E-state index < -0.39 is 10.0 Å². The predicted molar refractivity (Wildman–Crippen MR) is 115 cm³/mol. The number of rotatable bonds is 4. The molecule has 0 unspecified atom stereocenters. The van der Waals surface area contributed by atoms with Gasteiger partial charge in [-0.05, 0) is 30.3 Å². The van der Waals surface area contributed by atoms with Gasteiger partial charge in [-0.2, -0.15) is 4.31 Å². The summed E-state index contributed by atoms with van der Waals surface area (Å²) in [6.07, 6.45) is 3.11. The van der Waals surface area contributed by atoms with Gasteiger partial charge < -0.3 is 4.90 Å². The Balaban J connectivity index is 1.50. The van der Waals surface area contributed by atoms with Gasteiger partial charge in [0.25, 0.3) is 5.91 Å². The van der Waals surface area contributed by atoms with Crippen LogP contribution in [0.4, 0.5) is 0 Å². The number of hydrogen-bond donors (Lipinski definition) is 0. The molecule has 1 aliphatic rings. The second-order valence-electron chi connectivity index (χ2n) is 6.76. The molecule has 4 rings (SSSR count). The molecule has 0 atom stereocenters. The number of amides is 1. The lowest BCUT2D eigenvalue weighted by molar-refractivity contribution is 0.0690. The van der Waals surface area contributed by atoms with Crippen LogP contribution in [0.2, 0.25) is 10.0 Å². The summed E-state index contributed by atoms with van der Waals surface area (Å²) < 4.78 is 29.0. The molecule has 2 aromatic carbocycles. The minimum Gasteiger partial charge on any atom is -0.335 e. The molecule has 1 aromatic heterocycles. The molecule has 0 bridgehead atoms. The summed E-state index contributed by atoms with van der Waals surface area (Å²) in [5.74, 6) is -0.200. The van der Waals surface area contributed by atoms with Gasteiger partial charge in [0.15, 0.2) is 0 Å². The molecular weight excluding hydrogens is 447 g/mol. The number of carbonyl (C=O) groups excluding carboxylic acids is 1. The van der Waals surface area contributed by atoms with Gasteiger partial charge in [-0.25, -0.2) is 13.4 Å². The summed E-state index contributed by atoms with van der Waals surface area (Å²) in [4.78, 5) is 18.7. The molecule has 3 aromatic rings. The topological polar surface area (TPSA) is 75.5 Å². The Morgan fingerprint density at radius 3 is 2.37 bits per heavy atom. The van der Waals surface area contributed by atoms with Crippen LogP contribution in [0.5, 0.6) is 0 Å². The Hall–Kier alpha value is -2.39. The number of halogens is 2. The van der Waals surface area contributed by atoms with E-state index in [9.17, 15) is 13.2 Å². The first-order valence-electron chi connectivity index (χ1n) is 9.20. The van der Waals surface area contributed by atoms with E-state index in [0.717, 1.165) is 5.69 Å². The lowest BCUT2D eigenvalue weighted by Gasteiger charge is -2.34. The summed E-state index contributed by atoms with van der Waals surface area (Å²) in [7, 11) is -3.81. The average molecular weight is 465 g/mol. The molecule has 1 aliphatic heterocycles. The van der Waals surface area contributed by atoms with Crippen molar-refractivity contribution >= 4 is 39.1 Å². The molecule has 0 radical (unpaired) electrons. The van der Waals surface area contributed by atoms with Crippen LogP contribution in [0.25, 0.3) is 5.69 Å². The van der Waals surface area contributed by atoms with Crippen LogP contribution in [0.15, 0.2) is 66.0 Å². The number of benzene rings is 2. The zero-order valence-corrected chi connectivity index (χ0v) is 18.1. The minimum absolute atomic E-state index is 0.0291. The number of piperazine rings is 1. The third-order valence-corrected chi connectivity index (χ3v) is 7.54. The number of nitrogens with zero attached hydrogens (tertiary/aromatic N) is 4. The maximum atomic E-state index is 13.0. The van der Waals surface area contributed by atoms with Crippen molar-refractivity contribution in [3.05, 3.63) is 76.8 Å². The third kappa shape index (κ3) is 3.96. The normalized spacial score (nSPS) is 15.3. The van der Waals surface area contributed by atoms with Crippen molar-refractivity contribution in [1.82, 2.24) is 18.8 Å². The first-order valence-corrected chi connectivity index (χ1v) is 11.4. The van der Waals surface area contributed by atoms with Crippen molar-refractivity contribution in [1.29, 1.82) is 0 Å². The van der Waals surface area contributed by atoms with Gasteiger partial charge in [0.2, 0.25) is 10.0 Å². The van der Waals surface area contributed by atoms with Gasteiger partial charge in [0, 0.05) is 36.9 Å². The summed E-state index contributed by atoms with van der Waals surface area (Å²) in [6, 6.07) is 13.8. The average Bonchev–Trinajstić information content (AvgIpc) is 3.25. The van der Waals surface area contributed by atoms with E-state index in [1.807, 2.05) is 30.3 Å². The zero-order chi connectivity index (χ0) is 21.3. The predicted octanol–water partition coefficient (Wildman–Crippen LogP) is 3.33. The van der Waals surface area contributed by atoms with Crippen LogP contribution >= 0.6 is 23.2 Å². The first kappa shape index (κ1) is 20.9. The van der Waals surface area contributed by atoms with Gasteiger partial charge in [0.05, 0.1) is 17.5 Å². The molecule has 0 spiro atoms. The summed E-state index contributed by atoms with van der Waals surface area (Å²) >= 11 is 12.0. The van der Waals surface area contributed by atoms with Crippen LogP contribution in [0.1, 0.15) is 10.5 Å². The number of aromatic nitrogens is 2. The summed E-state index contributed by atoms with van der Waals surface area (Å²) in [5, 5.41) is 0.408. The van der Waals surface area contributed by atoms with E-state index in [-0.39, 0.29) is 42.0 Å². The van der Waals surface area contributed by atoms with E-state index in [1.165, 1.54) is 28.7 Å². The van der Waals surface area contributed by atoms with Crippen molar-refractivity contribution in [2.24, 2.45) is 0 Å². The van der Waals surface area contributed by atoms with Crippen LogP contribution in [-0.2, 0) is 10.0 Å². The monoisotopic (exact) mass is 464 g/mol. The van der Waals surface area contributed by atoms with E-state index in [2.05, 4.69) is 4.98 Å². The third-order valence-electron chi connectivity index (χ3n) is 4.93. The van der Waals surface area contributed by atoms with Gasteiger partial charge in [-0.1, -0.05) is 41.4 Å². The smallest absolute Gasteiger partial charge is 0.272 e. The fourth-order valence-corrected chi connectivity index (χ4v) is 5.51. The molecule has 1 fully saturated rings. The van der Waals surface area contributed by atoms with E-state index >= 15 is 0 Å². The maximum absolute atomic E-state index is 13.0. The standard InChI is InChI=1S/C20H18Cl2N4O3S/c21-15-6-7-17(22)19(12-15)30(28,29)25-10-8-24(9-11-25)20(27)18-13-23-14-26(18)16-4-2-1-3-5-16/h1-7,12-14H,8-11H2. The molecule has 156 valence electrons. The second kappa shape index (κ2) is 8.39. The highest BCUT2D eigenvalue weighted by Gasteiger charge is 2.32. The van der Waals surface area contributed by atoms with Crippen LogP contribution in [-0.4, -0.2) is 59.3 Å². The van der Waals surface area contributed by atoms with E-state index in [0.29, 0.717) is 10.7 Å². The molecule has 2 heterocycles. The number of sulfonamides is 1. The molecule has 0 aliphatic carbocycles. The maximum Gasteiger partial charge on any atom is 0.272 e.